The van der Waals surface area contributed by atoms with Crippen LogP contribution in [0, 0.1) is 0 Å². The van der Waals surface area contributed by atoms with Crippen LogP contribution in [0.1, 0.15) is 23.5 Å². The van der Waals surface area contributed by atoms with Crippen molar-refractivity contribution < 1.29 is 5.11 Å². The zero-order valence-corrected chi connectivity index (χ0v) is 16.8. The molecule has 5 rings (SSSR count). The van der Waals surface area contributed by atoms with E-state index in [9.17, 15) is 5.11 Å². The van der Waals surface area contributed by atoms with E-state index in [0.29, 0.717) is 5.11 Å². The molecule has 2 atom stereocenters. The Bertz CT molecular complexity index is 1160. The van der Waals surface area contributed by atoms with Gasteiger partial charge in [-0.1, -0.05) is 6.07 Å². The Morgan fingerprint density at radius 1 is 0.867 bits per heavy atom. The van der Waals surface area contributed by atoms with Crippen molar-refractivity contribution in [3.8, 4) is 11.4 Å². The Morgan fingerprint density at radius 2 is 1.67 bits per heavy atom. The van der Waals surface area contributed by atoms with E-state index in [1.165, 1.54) is 0 Å². The van der Waals surface area contributed by atoms with Crippen LogP contribution in [0.5, 0.6) is 5.75 Å². The third-order valence-electron chi connectivity index (χ3n) is 5.25. The van der Waals surface area contributed by atoms with Gasteiger partial charge in [-0.05, 0) is 72.9 Å². The predicted octanol–water partition coefficient (Wildman–Crippen LogP) is 4.15. The van der Waals surface area contributed by atoms with Gasteiger partial charge in [-0.2, -0.15) is 0 Å². The Kier molecular flexibility index (Phi) is 4.65. The number of hydrogen-bond donors (Lipinski definition) is 2. The molecule has 1 fully saturated rings. The van der Waals surface area contributed by atoms with Gasteiger partial charge in [0.1, 0.15) is 11.8 Å². The quantitative estimate of drug-likeness (QED) is 0.490. The second-order valence-corrected chi connectivity index (χ2v) is 7.41. The molecule has 1 aromatic carbocycles. The van der Waals surface area contributed by atoms with Crippen molar-refractivity contribution in [3.63, 3.8) is 0 Å². The lowest BCUT2D eigenvalue weighted by Crippen LogP contribution is -2.30. The number of rotatable bonds is 4. The first-order valence-electron chi connectivity index (χ1n) is 9.60. The lowest BCUT2D eigenvalue weighted by Gasteiger charge is -2.29. The Labute approximate surface area is 179 Å². The Balaban J connectivity index is 1.67. The van der Waals surface area contributed by atoms with Crippen LogP contribution in [0.15, 0.2) is 91.5 Å². The molecule has 3 aromatic heterocycles. The summed E-state index contributed by atoms with van der Waals surface area (Å²) < 4.78 is 2.14. The largest absolute Gasteiger partial charge is 0.508 e. The van der Waals surface area contributed by atoms with Gasteiger partial charge in [-0.3, -0.25) is 9.97 Å². The standard InChI is InChI=1S/C23H19N5OS/c29-18-8-6-17(7-9-18)28-22(21(26-23(28)30)19-4-1-2-12-25-19)20-5-3-15-27(20)16-10-13-24-14-11-16/h1-15,21-22,29H,(H,26,30)/t21-,22-/m1/s1. The third-order valence-corrected chi connectivity index (χ3v) is 5.56. The fourth-order valence-electron chi connectivity index (χ4n) is 3.92. The molecule has 30 heavy (non-hydrogen) atoms. The second kappa shape index (κ2) is 7.61. The third kappa shape index (κ3) is 3.19. The lowest BCUT2D eigenvalue weighted by molar-refractivity contribution is 0.475. The highest BCUT2D eigenvalue weighted by Gasteiger charge is 2.42. The number of benzene rings is 1. The first kappa shape index (κ1) is 18.3. The van der Waals surface area contributed by atoms with Crippen LogP contribution in [0.25, 0.3) is 5.69 Å². The molecule has 1 aliphatic heterocycles. The number of phenols is 1. The topological polar surface area (TPSA) is 66.2 Å². The van der Waals surface area contributed by atoms with Gasteiger partial charge >= 0.3 is 0 Å². The van der Waals surface area contributed by atoms with E-state index in [1.807, 2.05) is 54.7 Å². The van der Waals surface area contributed by atoms with Gasteiger partial charge < -0.3 is 19.9 Å². The highest BCUT2D eigenvalue weighted by molar-refractivity contribution is 7.80. The molecular formula is C23H19N5OS. The molecule has 4 heterocycles. The molecule has 0 saturated carbocycles. The monoisotopic (exact) mass is 413 g/mol. The molecule has 0 radical (unpaired) electrons. The molecule has 7 heteroatoms. The van der Waals surface area contributed by atoms with Crippen LogP contribution in [-0.2, 0) is 0 Å². The minimum Gasteiger partial charge on any atom is -0.508 e. The summed E-state index contributed by atoms with van der Waals surface area (Å²) in [4.78, 5) is 10.8. The molecule has 1 aliphatic rings. The van der Waals surface area contributed by atoms with Gasteiger partial charge in [0.05, 0.1) is 11.7 Å². The molecule has 0 spiro atoms. The number of aromatic hydroxyl groups is 1. The minimum absolute atomic E-state index is 0.136. The van der Waals surface area contributed by atoms with Crippen LogP contribution < -0.4 is 10.2 Å². The van der Waals surface area contributed by atoms with Crippen molar-refractivity contribution in [2.45, 2.75) is 12.1 Å². The van der Waals surface area contributed by atoms with Crippen molar-refractivity contribution in [1.29, 1.82) is 0 Å². The predicted molar refractivity (Wildman–Crippen MR) is 120 cm³/mol. The average molecular weight is 414 g/mol. The van der Waals surface area contributed by atoms with Gasteiger partial charge in [-0.15, -0.1) is 0 Å². The number of pyridine rings is 2. The molecule has 0 unspecified atom stereocenters. The maximum absolute atomic E-state index is 9.75. The second-order valence-electron chi connectivity index (χ2n) is 7.02. The number of hydrogen-bond acceptors (Lipinski definition) is 4. The molecule has 6 nitrogen and oxygen atoms in total. The number of phenolic OH excluding ortho intramolecular Hbond substituents is 1. The Hall–Kier alpha value is -3.71. The zero-order chi connectivity index (χ0) is 20.5. The van der Waals surface area contributed by atoms with Crippen molar-refractivity contribution in [2.24, 2.45) is 0 Å². The molecule has 1 saturated heterocycles. The summed E-state index contributed by atoms with van der Waals surface area (Å²) in [6.45, 7) is 0. The molecule has 0 aliphatic carbocycles. The van der Waals surface area contributed by atoms with E-state index >= 15 is 0 Å². The van der Waals surface area contributed by atoms with Gasteiger partial charge in [0.2, 0.25) is 0 Å². The van der Waals surface area contributed by atoms with Gasteiger partial charge in [0.15, 0.2) is 5.11 Å². The van der Waals surface area contributed by atoms with Crippen molar-refractivity contribution >= 4 is 23.0 Å². The summed E-state index contributed by atoms with van der Waals surface area (Å²) in [5.74, 6) is 0.217. The van der Waals surface area contributed by atoms with Crippen LogP contribution in [-0.4, -0.2) is 24.8 Å². The lowest BCUT2D eigenvalue weighted by atomic mass is 10.0. The number of aromatic nitrogens is 3. The Morgan fingerprint density at radius 3 is 2.40 bits per heavy atom. The fraction of sp³-hybridized carbons (Fsp3) is 0.0870. The normalized spacial score (nSPS) is 18.4. The molecular weight excluding hydrogens is 394 g/mol. The summed E-state index contributed by atoms with van der Waals surface area (Å²) in [6, 6.07) is 20.8. The fourth-order valence-corrected chi connectivity index (χ4v) is 4.27. The van der Waals surface area contributed by atoms with Crippen molar-refractivity contribution in [1.82, 2.24) is 19.9 Å². The number of nitrogens with zero attached hydrogens (tertiary/aromatic N) is 4. The molecule has 4 aromatic rings. The first-order chi connectivity index (χ1) is 14.7. The average Bonchev–Trinajstić information content (AvgIpc) is 3.40. The maximum atomic E-state index is 9.75. The first-order valence-corrected chi connectivity index (χ1v) is 10.0. The van der Waals surface area contributed by atoms with E-state index in [-0.39, 0.29) is 17.8 Å². The highest BCUT2D eigenvalue weighted by atomic mass is 32.1. The van der Waals surface area contributed by atoms with E-state index in [0.717, 1.165) is 22.8 Å². The molecule has 0 bridgehead atoms. The molecule has 0 amide bonds. The summed E-state index contributed by atoms with van der Waals surface area (Å²) >= 11 is 5.75. The van der Waals surface area contributed by atoms with Gasteiger partial charge in [0.25, 0.3) is 0 Å². The van der Waals surface area contributed by atoms with Crippen molar-refractivity contribution in [2.75, 3.05) is 4.90 Å². The summed E-state index contributed by atoms with van der Waals surface area (Å²) in [5, 5.41) is 13.8. The number of nitrogens with one attached hydrogen (secondary N) is 1. The number of thiocarbonyl (C=S) groups is 1. The number of anilines is 1. The van der Waals surface area contributed by atoms with Crippen LogP contribution >= 0.6 is 12.2 Å². The molecule has 2 N–H and O–H groups in total. The van der Waals surface area contributed by atoms with Crippen LogP contribution in [0.2, 0.25) is 0 Å². The van der Waals surface area contributed by atoms with E-state index < -0.39 is 0 Å². The van der Waals surface area contributed by atoms with Gasteiger partial charge in [0, 0.05) is 41.9 Å². The van der Waals surface area contributed by atoms with Crippen LogP contribution in [0.3, 0.4) is 0 Å². The SMILES string of the molecule is Oc1ccc(N2C(=S)N[C@H](c3ccccn3)[C@H]2c2cccn2-c2ccncc2)cc1. The van der Waals surface area contributed by atoms with E-state index in [1.54, 1.807) is 30.7 Å². The summed E-state index contributed by atoms with van der Waals surface area (Å²) in [7, 11) is 0. The highest BCUT2D eigenvalue weighted by Crippen LogP contribution is 2.42. The van der Waals surface area contributed by atoms with Crippen LogP contribution in [0.4, 0.5) is 5.69 Å². The summed E-state index contributed by atoms with van der Waals surface area (Å²) in [6.07, 6.45) is 7.40. The van der Waals surface area contributed by atoms with Gasteiger partial charge in [-0.25, -0.2) is 0 Å². The van der Waals surface area contributed by atoms with E-state index in [2.05, 4.69) is 30.8 Å². The molecule has 148 valence electrons. The zero-order valence-electron chi connectivity index (χ0n) is 16.0. The minimum atomic E-state index is -0.139. The maximum Gasteiger partial charge on any atom is 0.174 e. The smallest absolute Gasteiger partial charge is 0.174 e. The van der Waals surface area contributed by atoms with E-state index in [4.69, 9.17) is 12.2 Å². The summed E-state index contributed by atoms with van der Waals surface area (Å²) in [5.41, 5.74) is 3.90. The van der Waals surface area contributed by atoms with Crippen molar-refractivity contribution in [3.05, 3.63) is 103 Å².